The first kappa shape index (κ1) is 21.0. The molecule has 0 N–H and O–H groups in total. The Bertz CT molecular complexity index is 885. The number of rotatable bonds is 6. The predicted octanol–water partition coefficient (Wildman–Crippen LogP) is 3.34. The van der Waals surface area contributed by atoms with Gasteiger partial charge in [-0.1, -0.05) is 0 Å². The molecule has 0 atom stereocenters. The van der Waals surface area contributed by atoms with Gasteiger partial charge < -0.3 is 9.64 Å². The van der Waals surface area contributed by atoms with Gasteiger partial charge in [0.1, 0.15) is 0 Å². The number of aryl methyl sites for hydroxylation is 1. The van der Waals surface area contributed by atoms with Gasteiger partial charge in [-0.25, -0.2) is 0 Å². The third-order valence-electron chi connectivity index (χ3n) is 6.41. The molecule has 0 aromatic carbocycles. The van der Waals surface area contributed by atoms with Gasteiger partial charge in [-0.2, -0.15) is 5.10 Å². The molecule has 0 radical (unpaired) electrons. The first-order valence-corrected chi connectivity index (χ1v) is 11.8. The van der Waals surface area contributed by atoms with E-state index in [0.29, 0.717) is 32.0 Å². The van der Waals surface area contributed by atoms with Gasteiger partial charge in [0.05, 0.1) is 42.5 Å². The summed E-state index contributed by atoms with van der Waals surface area (Å²) in [5, 5.41) is 4.73. The van der Waals surface area contributed by atoms with E-state index in [1.54, 1.807) is 11.3 Å². The molecule has 1 saturated carbocycles. The molecule has 2 aromatic rings. The maximum atomic E-state index is 13.0. The Kier molecular flexibility index (Phi) is 6.51. The Morgan fingerprint density at radius 2 is 2.07 bits per heavy atom. The second-order valence-electron chi connectivity index (χ2n) is 8.38. The van der Waals surface area contributed by atoms with Crippen LogP contribution in [0.1, 0.15) is 60.9 Å². The smallest absolute Gasteiger partial charge is 0.308 e. The summed E-state index contributed by atoms with van der Waals surface area (Å²) in [6.07, 6.45) is 6.85. The molecule has 1 aliphatic heterocycles. The number of carbonyl (C=O) groups excluding carboxylic acids is 2. The zero-order chi connectivity index (χ0) is 21.1. The van der Waals surface area contributed by atoms with Crippen molar-refractivity contribution in [1.29, 1.82) is 0 Å². The van der Waals surface area contributed by atoms with E-state index in [9.17, 15) is 9.59 Å². The fourth-order valence-electron chi connectivity index (χ4n) is 4.73. The monoisotopic (exact) mass is 430 g/mol. The summed E-state index contributed by atoms with van der Waals surface area (Å²) < 4.78 is 7.19. The maximum absolute atomic E-state index is 13.0. The van der Waals surface area contributed by atoms with Crippen molar-refractivity contribution in [3.05, 3.63) is 33.5 Å². The standard InChI is InChI=1S/C22H30N4O3S/c1-3-29-22(28)17-6-4-16(5-7-17)10-21(27)25-9-8-19-15(2)24-26(20(19)13-25)12-18-11-23-14-30-18/h11,14,16-17H,3-10,12-13H2,1-2H3/t16-,17-. The number of thiazole rings is 1. The molecule has 30 heavy (non-hydrogen) atoms. The highest BCUT2D eigenvalue weighted by Crippen LogP contribution is 2.33. The predicted molar refractivity (Wildman–Crippen MR) is 114 cm³/mol. The molecule has 0 saturated heterocycles. The number of hydrogen-bond acceptors (Lipinski definition) is 6. The van der Waals surface area contributed by atoms with E-state index >= 15 is 0 Å². The molecule has 2 aromatic heterocycles. The lowest BCUT2D eigenvalue weighted by atomic mass is 9.80. The van der Waals surface area contributed by atoms with Crippen LogP contribution in [0.4, 0.5) is 0 Å². The van der Waals surface area contributed by atoms with Crippen LogP contribution in [0.5, 0.6) is 0 Å². The third-order valence-corrected chi connectivity index (χ3v) is 7.18. The van der Waals surface area contributed by atoms with Crippen LogP contribution >= 0.6 is 11.3 Å². The molecular weight excluding hydrogens is 400 g/mol. The molecule has 1 amide bonds. The molecule has 2 aliphatic rings. The molecule has 0 unspecified atom stereocenters. The van der Waals surface area contributed by atoms with Crippen LogP contribution in [0.3, 0.4) is 0 Å². The minimum atomic E-state index is -0.0737. The Labute approximate surface area is 181 Å². The quantitative estimate of drug-likeness (QED) is 0.657. The van der Waals surface area contributed by atoms with Crippen LogP contribution in [0, 0.1) is 18.8 Å². The van der Waals surface area contributed by atoms with E-state index < -0.39 is 0 Å². The number of amides is 1. The van der Waals surface area contributed by atoms with Crippen molar-refractivity contribution in [2.75, 3.05) is 13.2 Å². The SMILES string of the molecule is CCOC(=O)[C@H]1CC[C@H](CC(=O)N2CCc3c(C)nn(Cc4cncs4)c3C2)CC1. The largest absolute Gasteiger partial charge is 0.466 e. The van der Waals surface area contributed by atoms with E-state index in [0.717, 1.165) is 50.0 Å². The zero-order valence-corrected chi connectivity index (χ0v) is 18.6. The van der Waals surface area contributed by atoms with E-state index in [2.05, 4.69) is 11.9 Å². The number of carbonyl (C=O) groups is 2. The first-order valence-electron chi connectivity index (χ1n) is 10.9. The van der Waals surface area contributed by atoms with Crippen molar-refractivity contribution < 1.29 is 14.3 Å². The van der Waals surface area contributed by atoms with Crippen molar-refractivity contribution in [3.8, 4) is 0 Å². The maximum Gasteiger partial charge on any atom is 0.308 e. The Morgan fingerprint density at radius 1 is 1.27 bits per heavy atom. The number of ether oxygens (including phenoxy) is 1. The minimum Gasteiger partial charge on any atom is -0.466 e. The summed E-state index contributed by atoms with van der Waals surface area (Å²) in [6.45, 7) is 6.44. The van der Waals surface area contributed by atoms with Gasteiger partial charge >= 0.3 is 5.97 Å². The number of esters is 1. The topological polar surface area (TPSA) is 77.3 Å². The summed E-state index contributed by atoms with van der Waals surface area (Å²) in [7, 11) is 0. The summed E-state index contributed by atoms with van der Waals surface area (Å²) in [4.78, 5) is 32.3. The van der Waals surface area contributed by atoms with Gasteiger partial charge in [0, 0.05) is 24.0 Å². The highest BCUT2D eigenvalue weighted by Gasteiger charge is 2.31. The van der Waals surface area contributed by atoms with Crippen molar-refractivity contribution in [3.63, 3.8) is 0 Å². The van der Waals surface area contributed by atoms with Crippen molar-refractivity contribution in [1.82, 2.24) is 19.7 Å². The number of fused-ring (bicyclic) bond motifs is 1. The fourth-order valence-corrected chi connectivity index (χ4v) is 5.30. The lowest BCUT2D eigenvalue weighted by molar-refractivity contribution is -0.149. The van der Waals surface area contributed by atoms with Crippen LogP contribution in [-0.4, -0.2) is 44.7 Å². The number of hydrogen-bond donors (Lipinski definition) is 0. The van der Waals surface area contributed by atoms with Crippen LogP contribution in [0.25, 0.3) is 0 Å². The summed E-state index contributed by atoms with van der Waals surface area (Å²) >= 11 is 1.63. The second-order valence-corrected chi connectivity index (χ2v) is 9.35. The Balaban J connectivity index is 1.34. The second kappa shape index (κ2) is 9.29. The van der Waals surface area contributed by atoms with Crippen molar-refractivity contribution in [2.24, 2.45) is 11.8 Å². The molecule has 1 fully saturated rings. The zero-order valence-electron chi connectivity index (χ0n) is 17.8. The van der Waals surface area contributed by atoms with Gasteiger partial charge in [0.15, 0.2) is 0 Å². The van der Waals surface area contributed by atoms with E-state index in [-0.39, 0.29) is 17.8 Å². The molecule has 3 heterocycles. The van der Waals surface area contributed by atoms with Crippen LogP contribution < -0.4 is 0 Å². The van der Waals surface area contributed by atoms with Gasteiger partial charge in [0.2, 0.25) is 5.91 Å². The van der Waals surface area contributed by atoms with E-state index in [1.807, 2.05) is 28.2 Å². The Hall–Kier alpha value is -2.22. The van der Waals surface area contributed by atoms with Gasteiger partial charge in [-0.05, 0) is 57.4 Å². The normalized spacial score (nSPS) is 21.3. The first-order chi connectivity index (χ1) is 14.5. The minimum absolute atomic E-state index is 0.0120. The fraction of sp³-hybridized carbons (Fsp3) is 0.636. The molecular formula is C22H30N4O3S. The third kappa shape index (κ3) is 4.58. The van der Waals surface area contributed by atoms with Gasteiger partial charge in [0.25, 0.3) is 0 Å². The molecule has 0 spiro atoms. The highest BCUT2D eigenvalue weighted by molar-refractivity contribution is 7.09. The number of nitrogens with zero attached hydrogens (tertiary/aromatic N) is 4. The van der Waals surface area contributed by atoms with Crippen LogP contribution in [0.2, 0.25) is 0 Å². The lowest BCUT2D eigenvalue weighted by Gasteiger charge is -2.31. The van der Waals surface area contributed by atoms with Gasteiger partial charge in [-0.3, -0.25) is 19.3 Å². The van der Waals surface area contributed by atoms with E-state index in [1.165, 1.54) is 10.4 Å². The van der Waals surface area contributed by atoms with Crippen LogP contribution in [0.15, 0.2) is 11.7 Å². The highest BCUT2D eigenvalue weighted by atomic mass is 32.1. The van der Waals surface area contributed by atoms with Crippen molar-refractivity contribution >= 4 is 23.2 Å². The average Bonchev–Trinajstić information content (AvgIpc) is 3.37. The average molecular weight is 431 g/mol. The molecule has 1 aliphatic carbocycles. The van der Waals surface area contributed by atoms with Crippen molar-refractivity contribution in [2.45, 2.75) is 65.5 Å². The Morgan fingerprint density at radius 3 is 2.77 bits per heavy atom. The van der Waals surface area contributed by atoms with E-state index in [4.69, 9.17) is 9.84 Å². The molecule has 162 valence electrons. The molecule has 8 heteroatoms. The summed E-state index contributed by atoms with van der Waals surface area (Å²) in [6, 6.07) is 0. The van der Waals surface area contributed by atoms with Gasteiger partial charge in [-0.15, -0.1) is 11.3 Å². The summed E-state index contributed by atoms with van der Waals surface area (Å²) in [5.41, 5.74) is 5.36. The molecule has 4 rings (SSSR count). The summed E-state index contributed by atoms with van der Waals surface area (Å²) in [5.74, 6) is 0.533. The number of aromatic nitrogens is 3. The molecule has 7 nitrogen and oxygen atoms in total. The molecule has 0 bridgehead atoms. The van der Waals surface area contributed by atoms with Crippen LogP contribution in [-0.2, 0) is 33.8 Å². The lowest BCUT2D eigenvalue weighted by Crippen LogP contribution is -2.38.